The van der Waals surface area contributed by atoms with E-state index in [1.54, 1.807) is 13.8 Å². The van der Waals surface area contributed by atoms with Gasteiger partial charge in [-0.25, -0.2) is 13.6 Å². The van der Waals surface area contributed by atoms with Gasteiger partial charge in [0.1, 0.15) is 11.6 Å². The first-order chi connectivity index (χ1) is 9.76. The van der Waals surface area contributed by atoms with Crippen molar-refractivity contribution in [3.05, 3.63) is 28.2 Å². The third-order valence-corrected chi connectivity index (χ3v) is 3.46. The van der Waals surface area contributed by atoms with Gasteiger partial charge in [-0.2, -0.15) is 0 Å². The molecule has 1 atom stereocenters. The van der Waals surface area contributed by atoms with Gasteiger partial charge in [0.05, 0.1) is 16.6 Å². The number of carboxylic acid groups (broad SMARTS) is 1. The van der Waals surface area contributed by atoms with E-state index in [4.69, 9.17) is 5.11 Å². The summed E-state index contributed by atoms with van der Waals surface area (Å²) < 4.78 is 27.0. The van der Waals surface area contributed by atoms with Crippen LogP contribution in [0.4, 0.5) is 19.3 Å². The molecule has 0 fully saturated rings. The number of hydrogen-bond donors (Lipinski definition) is 2. The largest absolute Gasteiger partial charge is 0.481 e. The lowest BCUT2D eigenvalue weighted by Gasteiger charge is -2.27. The minimum Gasteiger partial charge on any atom is -0.481 e. The van der Waals surface area contributed by atoms with Gasteiger partial charge >= 0.3 is 12.0 Å². The van der Waals surface area contributed by atoms with E-state index >= 15 is 0 Å². The van der Waals surface area contributed by atoms with Gasteiger partial charge in [-0.15, -0.1) is 0 Å². The molecule has 0 aliphatic rings. The molecule has 5 nitrogen and oxygen atoms in total. The summed E-state index contributed by atoms with van der Waals surface area (Å²) in [5.41, 5.74) is -0.304. The number of carboxylic acids is 1. The van der Waals surface area contributed by atoms with Gasteiger partial charge in [-0.3, -0.25) is 4.79 Å². The van der Waals surface area contributed by atoms with Crippen LogP contribution < -0.4 is 5.32 Å². The minimum atomic E-state index is -1.05. The third-order valence-electron chi connectivity index (χ3n) is 2.86. The fraction of sp³-hybridized carbons (Fsp3) is 0.385. The van der Waals surface area contributed by atoms with Crippen molar-refractivity contribution in [1.29, 1.82) is 0 Å². The average molecular weight is 365 g/mol. The molecule has 0 saturated heterocycles. The summed E-state index contributed by atoms with van der Waals surface area (Å²) in [7, 11) is 0. The number of anilines is 1. The zero-order valence-electron chi connectivity index (χ0n) is 11.5. The molecule has 0 aliphatic heterocycles. The molecule has 0 radical (unpaired) electrons. The Morgan fingerprint density at radius 3 is 2.52 bits per heavy atom. The van der Waals surface area contributed by atoms with Crippen molar-refractivity contribution >= 4 is 33.6 Å². The summed E-state index contributed by atoms with van der Waals surface area (Å²) in [6.07, 6.45) is -0.238. The molecule has 21 heavy (non-hydrogen) atoms. The summed E-state index contributed by atoms with van der Waals surface area (Å²) in [5.74, 6) is -2.55. The van der Waals surface area contributed by atoms with Crippen molar-refractivity contribution in [1.82, 2.24) is 4.90 Å². The highest BCUT2D eigenvalue weighted by atomic mass is 79.9. The molecule has 0 spiro atoms. The predicted octanol–water partition coefficient (Wildman–Crippen LogP) is 3.44. The number of nitrogens with one attached hydrogen (secondary N) is 1. The smallest absolute Gasteiger partial charge is 0.322 e. The first-order valence-corrected chi connectivity index (χ1v) is 6.99. The van der Waals surface area contributed by atoms with E-state index in [0.29, 0.717) is 0 Å². The molecule has 0 bridgehead atoms. The minimum absolute atomic E-state index is 0.0513. The Labute approximate surface area is 129 Å². The molecule has 8 heteroatoms. The maximum Gasteiger partial charge on any atom is 0.322 e. The number of urea groups is 1. The Bertz CT molecular complexity index is 554. The molecular formula is C13H15BrF2N2O3. The van der Waals surface area contributed by atoms with Crippen molar-refractivity contribution < 1.29 is 23.5 Å². The van der Waals surface area contributed by atoms with Crippen molar-refractivity contribution in [2.24, 2.45) is 0 Å². The fourth-order valence-corrected chi connectivity index (χ4v) is 2.14. The monoisotopic (exact) mass is 364 g/mol. The van der Waals surface area contributed by atoms with Crippen LogP contribution in [0.15, 0.2) is 16.6 Å². The van der Waals surface area contributed by atoms with Crippen LogP contribution in [-0.2, 0) is 4.79 Å². The normalized spacial score (nSPS) is 11.9. The molecule has 2 amide bonds. The highest BCUT2D eigenvalue weighted by Crippen LogP contribution is 2.23. The highest BCUT2D eigenvalue weighted by molar-refractivity contribution is 9.10. The zero-order chi connectivity index (χ0) is 16.2. The molecule has 1 rings (SSSR count). The summed E-state index contributed by atoms with van der Waals surface area (Å²) in [5, 5.41) is 11.0. The van der Waals surface area contributed by atoms with E-state index in [2.05, 4.69) is 21.2 Å². The highest BCUT2D eigenvalue weighted by Gasteiger charge is 2.22. The Morgan fingerprint density at radius 2 is 2.00 bits per heavy atom. The number of carbonyl (C=O) groups excluding carboxylic acids is 1. The van der Waals surface area contributed by atoms with Gasteiger partial charge in [0.2, 0.25) is 0 Å². The summed E-state index contributed by atoms with van der Waals surface area (Å²) in [4.78, 5) is 23.9. The number of halogens is 3. The fourth-order valence-electron chi connectivity index (χ4n) is 1.82. The molecule has 1 aromatic carbocycles. The van der Waals surface area contributed by atoms with Crippen LogP contribution in [0, 0.1) is 11.6 Å². The number of benzene rings is 1. The summed E-state index contributed by atoms with van der Waals surface area (Å²) >= 11 is 2.84. The third kappa shape index (κ3) is 4.66. The zero-order valence-corrected chi connectivity index (χ0v) is 13.1. The first-order valence-electron chi connectivity index (χ1n) is 6.20. The van der Waals surface area contributed by atoms with Crippen molar-refractivity contribution in [2.45, 2.75) is 26.3 Å². The predicted molar refractivity (Wildman–Crippen MR) is 77.2 cm³/mol. The lowest BCUT2D eigenvalue weighted by atomic mass is 10.2. The number of amides is 2. The molecule has 0 saturated carbocycles. The van der Waals surface area contributed by atoms with Crippen LogP contribution in [0.3, 0.4) is 0 Å². The topological polar surface area (TPSA) is 69.6 Å². The summed E-state index contributed by atoms with van der Waals surface area (Å²) in [6, 6.07) is 0.497. The second kappa shape index (κ2) is 7.35. The van der Waals surface area contributed by atoms with Crippen LogP contribution in [0.5, 0.6) is 0 Å². The van der Waals surface area contributed by atoms with Crippen molar-refractivity contribution in [2.75, 3.05) is 11.9 Å². The second-order valence-electron chi connectivity index (χ2n) is 4.41. The molecule has 0 heterocycles. The van der Waals surface area contributed by atoms with E-state index in [1.807, 2.05) is 0 Å². The quantitative estimate of drug-likeness (QED) is 0.786. The Balaban J connectivity index is 2.88. The van der Waals surface area contributed by atoms with Gasteiger partial charge in [0.15, 0.2) is 0 Å². The van der Waals surface area contributed by atoms with Gasteiger partial charge in [-0.05, 0) is 35.8 Å². The SMILES string of the molecule is CCN(C(=O)Nc1cc(F)c(Br)cc1F)C(C)CC(=O)O. The second-order valence-corrected chi connectivity index (χ2v) is 5.26. The van der Waals surface area contributed by atoms with Crippen molar-refractivity contribution in [3.63, 3.8) is 0 Å². The summed E-state index contributed by atoms with van der Waals surface area (Å²) in [6.45, 7) is 3.47. The standard InChI is InChI=1S/C13H15BrF2N2O3/c1-3-18(7(2)4-12(19)20)13(21)17-11-6-9(15)8(14)5-10(11)16/h5-7H,3-4H2,1-2H3,(H,17,21)(H,19,20). The molecule has 116 valence electrons. The molecule has 1 unspecified atom stereocenters. The van der Waals surface area contributed by atoms with Crippen LogP contribution >= 0.6 is 15.9 Å². The van der Waals surface area contributed by atoms with Gasteiger partial charge in [0.25, 0.3) is 0 Å². The maximum atomic E-state index is 13.6. The number of hydrogen-bond acceptors (Lipinski definition) is 2. The lowest BCUT2D eigenvalue weighted by molar-refractivity contribution is -0.137. The Hall–Kier alpha value is -1.70. The molecule has 0 aromatic heterocycles. The molecule has 1 aromatic rings. The van der Waals surface area contributed by atoms with Crippen LogP contribution in [-0.4, -0.2) is 34.6 Å². The molecular weight excluding hydrogens is 350 g/mol. The van der Waals surface area contributed by atoms with E-state index in [1.165, 1.54) is 4.90 Å². The Morgan fingerprint density at radius 1 is 1.38 bits per heavy atom. The van der Waals surface area contributed by atoms with E-state index < -0.39 is 29.7 Å². The van der Waals surface area contributed by atoms with E-state index in [-0.39, 0.29) is 23.1 Å². The number of aliphatic carboxylic acids is 1. The average Bonchev–Trinajstić information content (AvgIpc) is 2.35. The van der Waals surface area contributed by atoms with Crippen LogP contribution in [0.25, 0.3) is 0 Å². The van der Waals surface area contributed by atoms with E-state index in [0.717, 1.165) is 12.1 Å². The van der Waals surface area contributed by atoms with Gasteiger partial charge < -0.3 is 15.3 Å². The maximum absolute atomic E-state index is 13.6. The van der Waals surface area contributed by atoms with Gasteiger partial charge in [0, 0.05) is 18.7 Å². The molecule has 2 N–H and O–H groups in total. The van der Waals surface area contributed by atoms with E-state index in [9.17, 15) is 18.4 Å². The first kappa shape index (κ1) is 17.4. The number of carbonyl (C=O) groups is 2. The van der Waals surface area contributed by atoms with Crippen LogP contribution in [0.2, 0.25) is 0 Å². The Kier molecular flexibility index (Phi) is 6.07. The number of rotatable bonds is 5. The van der Waals surface area contributed by atoms with Gasteiger partial charge in [-0.1, -0.05) is 0 Å². The van der Waals surface area contributed by atoms with Crippen molar-refractivity contribution in [3.8, 4) is 0 Å². The molecule has 0 aliphatic carbocycles. The lowest BCUT2D eigenvalue weighted by Crippen LogP contribution is -2.42. The van der Waals surface area contributed by atoms with Crippen LogP contribution in [0.1, 0.15) is 20.3 Å². The number of nitrogens with zero attached hydrogens (tertiary/aromatic N) is 1.